The van der Waals surface area contributed by atoms with Gasteiger partial charge in [0, 0.05) is 5.92 Å². The number of allylic oxidation sites excluding steroid dienone is 4. The second-order valence-corrected chi connectivity index (χ2v) is 3.01. The van der Waals surface area contributed by atoms with E-state index in [0.717, 1.165) is 0 Å². The van der Waals surface area contributed by atoms with Crippen molar-refractivity contribution >= 4 is 0 Å². The summed E-state index contributed by atoms with van der Waals surface area (Å²) in [5, 5.41) is 13.6. The zero-order valence-electron chi connectivity index (χ0n) is 7.16. The van der Waals surface area contributed by atoms with Crippen LogP contribution in [0.2, 0.25) is 0 Å². The third-order valence-electron chi connectivity index (χ3n) is 2.07. The molecule has 1 heterocycles. The summed E-state index contributed by atoms with van der Waals surface area (Å²) in [5.74, 6) is 0.515. The lowest BCUT2D eigenvalue weighted by atomic mass is 9.96. The van der Waals surface area contributed by atoms with Gasteiger partial charge in [-0.25, -0.2) is 4.39 Å². The highest BCUT2D eigenvalue weighted by Gasteiger charge is 2.17. The van der Waals surface area contributed by atoms with E-state index in [0.29, 0.717) is 17.8 Å². The fourth-order valence-electron chi connectivity index (χ4n) is 1.35. The molecule has 1 N–H and O–H groups in total. The number of tetrazole rings is 1. The molecular formula is C8H9FN4. The lowest BCUT2D eigenvalue weighted by Crippen LogP contribution is -2.02. The van der Waals surface area contributed by atoms with Crippen molar-refractivity contribution in [2.45, 2.75) is 19.3 Å². The van der Waals surface area contributed by atoms with Crippen molar-refractivity contribution in [3.63, 3.8) is 0 Å². The van der Waals surface area contributed by atoms with Crippen LogP contribution in [0.1, 0.15) is 25.1 Å². The van der Waals surface area contributed by atoms with Crippen LogP contribution in [0.5, 0.6) is 0 Å². The van der Waals surface area contributed by atoms with Gasteiger partial charge >= 0.3 is 0 Å². The Balaban J connectivity index is 2.23. The van der Waals surface area contributed by atoms with E-state index in [1.165, 1.54) is 0 Å². The van der Waals surface area contributed by atoms with E-state index in [9.17, 15) is 4.39 Å². The van der Waals surface area contributed by atoms with Gasteiger partial charge < -0.3 is 0 Å². The molecule has 0 saturated heterocycles. The maximum atomic E-state index is 12.9. The molecule has 1 aliphatic rings. The van der Waals surface area contributed by atoms with E-state index < -0.39 is 0 Å². The van der Waals surface area contributed by atoms with Crippen molar-refractivity contribution in [1.82, 2.24) is 20.6 Å². The molecule has 0 spiro atoms. The maximum Gasteiger partial charge on any atom is 0.181 e. The number of rotatable bonds is 1. The molecule has 0 aromatic carbocycles. The number of aromatic amines is 1. The maximum absolute atomic E-state index is 12.9. The Labute approximate surface area is 74.5 Å². The first-order valence-electron chi connectivity index (χ1n) is 4.05. The topological polar surface area (TPSA) is 54.5 Å². The zero-order valence-corrected chi connectivity index (χ0v) is 7.16. The number of aromatic nitrogens is 4. The van der Waals surface area contributed by atoms with Crippen molar-refractivity contribution in [3.05, 3.63) is 29.4 Å². The molecule has 0 fully saturated rings. The molecule has 1 aromatic rings. The van der Waals surface area contributed by atoms with Gasteiger partial charge in [-0.3, -0.25) is 0 Å². The molecule has 0 radical (unpaired) electrons. The molecule has 0 amide bonds. The Morgan fingerprint density at radius 2 is 2.46 bits per heavy atom. The highest BCUT2D eigenvalue weighted by molar-refractivity contribution is 5.31. The molecular weight excluding hydrogens is 171 g/mol. The van der Waals surface area contributed by atoms with Gasteiger partial charge in [0.25, 0.3) is 0 Å². The van der Waals surface area contributed by atoms with Crippen LogP contribution in [0.4, 0.5) is 4.39 Å². The molecule has 2 rings (SSSR count). The van der Waals surface area contributed by atoms with Crippen LogP contribution in [0.25, 0.3) is 0 Å². The number of halogens is 1. The van der Waals surface area contributed by atoms with Crippen molar-refractivity contribution in [3.8, 4) is 0 Å². The Kier molecular flexibility index (Phi) is 1.92. The molecule has 1 atom stereocenters. The first-order chi connectivity index (χ1) is 6.27. The lowest BCUT2D eigenvalue weighted by Gasteiger charge is -2.12. The van der Waals surface area contributed by atoms with Crippen molar-refractivity contribution < 1.29 is 4.39 Å². The number of nitrogens with one attached hydrogen (secondary N) is 1. The molecule has 0 aliphatic heterocycles. The summed E-state index contributed by atoms with van der Waals surface area (Å²) in [4.78, 5) is 0. The fourth-order valence-corrected chi connectivity index (χ4v) is 1.35. The van der Waals surface area contributed by atoms with E-state index in [-0.39, 0.29) is 11.7 Å². The van der Waals surface area contributed by atoms with Gasteiger partial charge in [0.1, 0.15) is 5.83 Å². The second-order valence-electron chi connectivity index (χ2n) is 3.01. The predicted molar refractivity (Wildman–Crippen MR) is 44.5 cm³/mol. The summed E-state index contributed by atoms with van der Waals surface area (Å²) in [7, 11) is 0. The second kappa shape index (κ2) is 3.08. The van der Waals surface area contributed by atoms with Crippen LogP contribution in [0, 0.1) is 0 Å². The lowest BCUT2D eigenvalue weighted by molar-refractivity contribution is 0.620. The van der Waals surface area contributed by atoms with Crippen LogP contribution in [0.3, 0.4) is 0 Å². The van der Waals surface area contributed by atoms with Gasteiger partial charge in [-0.1, -0.05) is 11.3 Å². The molecule has 13 heavy (non-hydrogen) atoms. The summed E-state index contributed by atoms with van der Waals surface area (Å²) in [6.07, 6.45) is 3.97. The Morgan fingerprint density at radius 3 is 3.08 bits per heavy atom. The fraction of sp³-hybridized carbons (Fsp3) is 0.375. The van der Waals surface area contributed by atoms with Gasteiger partial charge in [0.2, 0.25) is 0 Å². The molecule has 0 saturated carbocycles. The first-order valence-corrected chi connectivity index (χ1v) is 4.05. The van der Waals surface area contributed by atoms with Gasteiger partial charge in [-0.05, 0) is 25.0 Å². The quantitative estimate of drug-likeness (QED) is 0.712. The summed E-state index contributed by atoms with van der Waals surface area (Å²) < 4.78 is 12.9. The van der Waals surface area contributed by atoms with E-state index in [4.69, 9.17) is 0 Å². The molecule has 1 aromatic heterocycles. The normalized spacial score (nSPS) is 22.5. The minimum Gasteiger partial charge on any atom is -0.207 e. The van der Waals surface area contributed by atoms with Crippen LogP contribution >= 0.6 is 0 Å². The average molecular weight is 180 g/mol. The number of hydrogen-bond acceptors (Lipinski definition) is 3. The molecule has 4 nitrogen and oxygen atoms in total. The van der Waals surface area contributed by atoms with Crippen LogP contribution < -0.4 is 0 Å². The largest absolute Gasteiger partial charge is 0.207 e. The van der Waals surface area contributed by atoms with Crippen molar-refractivity contribution in [1.29, 1.82) is 0 Å². The first kappa shape index (κ1) is 8.10. The Hall–Kier alpha value is -1.52. The van der Waals surface area contributed by atoms with E-state index >= 15 is 0 Å². The van der Waals surface area contributed by atoms with Gasteiger partial charge in [-0.2, -0.15) is 5.21 Å². The smallest absolute Gasteiger partial charge is 0.181 e. The van der Waals surface area contributed by atoms with E-state index in [1.807, 2.05) is 6.08 Å². The standard InChI is InChI=1S/C8H9FN4/c1-5-4-6(2-3-7(5)9)8-10-12-13-11-8/h3-4,6H,2H2,1H3,(H,10,11,12,13). The SMILES string of the molecule is CC1=CC(c2nn[nH]n2)CC=C1F. The van der Waals surface area contributed by atoms with Gasteiger partial charge in [0.15, 0.2) is 5.82 Å². The average Bonchev–Trinajstić information content (AvgIpc) is 2.62. The van der Waals surface area contributed by atoms with Gasteiger partial charge in [0.05, 0.1) is 0 Å². The zero-order chi connectivity index (χ0) is 9.26. The molecule has 0 bridgehead atoms. The van der Waals surface area contributed by atoms with Crippen LogP contribution in [-0.4, -0.2) is 20.6 Å². The van der Waals surface area contributed by atoms with Crippen molar-refractivity contribution in [2.24, 2.45) is 0 Å². The van der Waals surface area contributed by atoms with E-state index in [2.05, 4.69) is 20.6 Å². The summed E-state index contributed by atoms with van der Waals surface area (Å²) >= 11 is 0. The highest BCUT2D eigenvalue weighted by Crippen LogP contribution is 2.28. The number of hydrogen-bond donors (Lipinski definition) is 1. The van der Waals surface area contributed by atoms with Gasteiger partial charge in [-0.15, -0.1) is 10.2 Å². The summed E-state index contributed by atoms with van der Waals surface area (Å²) in [6, 6.07) is 0. The molecule has 1 unspecified atom stereocenters. The monoisotopic (exact) mass is 180 g/mol. The number of H-pyrrole nitrogens is 1. The number of nitrogens with zero attached hydrogens (tertiary/aromatic N) is 3. The molecule has 1 aliphatic carbocycles. The third kappa shape index (κ3) is 1.49. The minimum absolute atomic E-state index is 0.0539. The predicted octanol–water partition coefficient (Wildman–Crippen LogP) is 1.49. The van der Waals surface area contributed by atoms with E-state index in [1.54, 1.807) is 13.0 Å². The van der Waals surface area contributed by atoms with Crippen LogP contribution in [-0.2, 0) is 0 Å². The summed E-state index contributed by atoms with van der Waals surface area (Å²) in [6.45, 7) is 1.73. The van der Waals surface area contributed by atoms with Crippen LogP contribution in [0.15, 0.2) is 23.6 Å². The molecule has 68 valence electrons. The minimum atomic E-state index is -0.153. The van der Waals surface area contributed by atoms with Crippen molar-refractivity contribution in [2.75, 3.05) is 0 Å². The highest BCUT2D eigenvalue weighted by atomic mass is 19.1. The summed E-state index contributed by atoms with van der Waals surface area (Å²) in [5.41, 5.74) is 0.640. The molecule has 5 heteroatoms. The third-order valence-corrected chi connectivity index (χ3v) is 2.07. The Bertz CT molecular complexity index is 352. The Morgan fingerprint density at radius 1 is 1.62 bits per heavy atom.